The molecule has 6 heteroatoms. The molecule has 0 spiro atoms. The SMILES string of the molecule is O=C(Nc1ccc(F)c(F)c1)c1ccc(COc2ccccc2)o1. The third-order valence-corrected chi connectivity index (χ3v) is 3.19. The van der Waals surface area contributed by atoms with Crippen molar-refractivity contribution in [1.82, 2.24) is 0 Å². The minimum absolute atomic E-state index is 0.0476. The van der Waals surface area contributed by atoms with E-state index in [-0.39, 0.29) is 18.1 Å². The quantitative estimate of drug-likeness (QED) is 0.755. The highest BCUT2D eigenvalue weighted by Gasteiger charge is 2.13. The zero-order chi connectivity index (χ0) is 16.9. The third-order valence-electron chi connectivity index (χ3n) is 3.19. The molecule has 0 fully saturated rings. The van der Waals surface area contributed by atoms with E-state index >= 15 is 0 Å². The van der Waals surface area contributed by atoms with Crippen LogP contribution in [-0.4, -0.2) is 5.91 Å². The van der Waals surface area contributed by atoms with Crippen LogP contribution in [0.2, 0.25) is 0 Å². The van der Waals surface area contributed by atoms with Gasteiger partial charge in [-0.3, -0.25) is 4.79 Å². The van der Waals surface area contributed by atoms with Crippen molar-refractivity contribution in [3.63, 3.8) is 0 Å². The van der Waals surface area contributed by atoms with Crippen molar-refractivity contribution in [2.45, 2.75) is 6.61 Å². The van der Waals surface area contributed by atoms with Crippen molar-refractivity contribution in [1.29, 1.82) is 0 Å². The number of carbonyl (C=O) groups excluding carboxylic acids is 1. The van der Waals surface area contributed by atoms with E-state index in [0.717, 1.165) is 12.1 Å². The van der Waals surface area contributed by atoms with Gasteiger partial charge in [-0.1, -0.05) is 18.2 Å². The van der Waals surface area contributed by atoms with Crippen molar-refractivity contribution >= 4 is 11.6 Å². The van der Waals surface area contributed by atoms with Crippen molar-refractivity contribution in [3.8, 4) is 5.75 Å². The van der Waals surface area contributed by atoms with Crippen molar-refractivity contribution in [2.24, 2.45) is 0 Å². The van der Waals surface area contributed by atoms with Crippen molar-refractivity contribution in [2.75, 3.05) is 5.32 Å². The summed E-state index contributed by atoms with van der Waals surface area (Å²) in [6.07, 6.45) is 0. The number of anilines is 1. The summed E-state index contributed by atoms with van der Waals surface area (Å²) in [5, 5.41) is 2.43. The number of hydrogen-bond donors (Lipinski definition) is 1. The fraction of sp³-hybridized carbons (Fsp3) is 0.0556. The zero-order valence-electron chi connectivity index (χ0n) is 12.5. The van der Waals surface area contributed by atoms with Crippen LogP contribution in [0.25, 0.3) is 0 Å². The number of ether oxygens (including phenoxy) is 1. The van der Waals surface area contributed by atoms with Crippen LogP contribution in [0.5, 0.6) is 5.75 Å². The Balaban J connectivity index is 1.62. The van der Waals surface area contributed by atoms with Crippen molar-refractivity contribution < 1.29 is 22.7 Å². The van der Waals surface area contributed by atoms with Crippen LogP contribution in [0.15, 0.2) is 65.1 Å². The third kappa shape index (κ3) is 3.78. The normalized spacial score (nSPS) is 10.4. The molecule has 1 aromatic heterocycles. The molecular weight excluding hydrogens is 316 g/mol. The average molecular weight is 329 g/mol. The molecular formula is C18H13F2NO3. The van der Waals surface area contributed by atoms with Crippen LogP contribution in [0, 0.1) is 11.6 Å². The Morgan fingerprint density at radius 1 is 1.00 bits per heavy atom. The van der Waals surface area contributed by atoms with E-state index in [1.54, 1.807) is 18.2 Å². The standard InChI is InChI=1S/C18H13F2NO3/c19-15-8-6-12(10-16(15)20)21-18(22)17-9-7-14(24-17)11-23-13-4-2-1-3-5-13/h1-10H,11H2,(H,21,22). The summed E-state index contributed by atoms with van der Waals surface area (Å²) in [7, 11) is 0. The van der Waals surface area contributed by atoms with Gasteiger partial charge in [0.05, 0.1) is 0 Å². The lowest BCUT2D eigenvalue weighted by Crippen LogP contribution is -2.11. The first-order valence-electron chi connectivity index (χ1n) is 7.15. The maximum Gasteiger partial charge on any atom is 0.291 e. The predicted octanol–water partition coefficient (Wildman–Crippen LogP) is 4.39. The lowest BCUT2D eigenvalue weighted by Gasteiger charge is -2.04. The highest BCUT2D eigenvalue weighted by atomic mass is 19.2. The molecule has 0 aliphatic rings. The molecule has 0 saturated heterocycles. The summed E-state index contributed by atoms with van der Waals surface area (Å²) >= 11 is 0. The molecule has 3 aromatic rings. The van der Waals surface area contributed by atoms with Gasteiger partial charge in [-0.25, -0.2) is 8.78 Å². The molecule has 1 N–H and O–H groups in total. The first kappa shape index (κ1) is 15.7. The summed E-state index contributed by atoms with van der Waals surface area (Å²) in [5.74, 6) is -1.38. The Morgan fingerprint density at radius 2 is 1.79 bits per heavy atom. The van der Waals surface area contributed by atoms with Gasteiger partial charge in [0.1, 0.15) is 18.1 Å². The van der Waals surface area contributed by atoms with Gasteiger partial charge < -0.3 is 14.5 Å². The topological polar surface area (TPSA) is 51.5 Å². The Kier molecular flexibility index (Phi) is 4.56. The van der Waals surface area contributed by atoms with Gasteiger partial charge in [-0.15, -0.1) is 0 Å². The number of hydrogen-bond acceptors (Lipinski definition) is 3. The number of amides is 1. The van der Waals surface area contributed by atoms with Gasteiger partial charge in [0.25, 0.3) is 5.91 Å². The van der Waals surface area contributed by atoms with Crippen LogP contribution in [0.3, 0.4) is 0 Å². The second-order valence-electron chi connectivity index (χ2n) is 4.95. The molecule has 24 heavy (non-hydrogen) atoms. The molecule has 1 heterocycles. The Hall–Kier alpha value is -3.15. The summed E-state index contributed by atoms with van der Waals surface area (Å²) < 4.78 is 36.9. The van der Waals surface area contributed by atoms with E-state index in [4.69, 9.17) is 9.15 Å². The van der Waals surface area contributed by atoms with Gasteiger partial charge in [0.2, 0.25) is 0 Å². The number of benzene rings is 2. The molecule has 122 valence electrons. The lowest BCUT2D eigenvalue weighted by molar-refractivity contribution is 0.0992. The fourth-order valence-electron chi connectivity index (χ4n) is 2.02. The number of nitrogens with one attached hydrogen (secondary N) is 1. The first-order chi connectivity index (χ1) is 11.6. The summed E-state index contributed by atoms with van der Waals surface area (Å²) in [6, 6.07) is 15.4. The van der Waals surface area contributed by atoms with E-state index in [1.165, 1.54) is 12.1 Å². The Labute approximate surface area is 136 Å². The van der Waals surface area contributed by atoms with Crippen LogP contribution in [0.4, 0.5) is 14.5 Å². The Morgan fingerprint density at radius 3 is 2.54 bits per heavy atom. The van der Waals surface area contributed by atoms with E-state index in [2.05, 4.69) is 5.32 Å². The van der Waals surface area contributed by atoms with Crippen LogP contribution >= 0.6 is 0 Å². The second kappa shape index (κ2) is 6.95. The number of carbonyl (C=O) groups is 1. The van der Waals surface area contributed by atoms with Gasteiger partial charge >= 0.3 is 0 Å². The van der Waals surface area contributed by atoms with E-state index in [1.807, 2.05) is 18.2 Å². The highest BCUT2D eigenvalue weighted by molar-refractivity contribution is 6.02. The van der Waals surface area contributed by atoms with Gasteiger partial charge in [-0.2, -0.15) is 0 Å². The van der Waals surface area contributed by atoms with Crippen LogP contribution in [-0.2, 0) is 6.61 Å². The molecule has 1 amide bonds. The van der Waals surface area contributed by atoms with Gasteiger partial charge in [-0.05, 0) is 36.4 Å². The fourth-order valence-corrected chi connectivity index (χ4v) is 2.02. The molecule has 0 unspecified atom stereocenters. The van der Waals surface area contributed by atoms with E-state index < -0.39 is 17.5 Å². The molecule has 3 rings (SSSR count). The molecule has 0 aliphatic carbocycles. The van der Waals surface area contributed by atoms with Crippen molar-refractivity contribution in [3.05, 3.63) is 83.8 Å². The summed E-state index contributed by atoms with van der Waals surface area (Å²) in [6.45, 7) is 0.169. The molecule has 0 saturated carbocycles. The van der Waals surface area contributed by atoms with Gasteiger partial charge in [0, 0.05) is 11.8 Å². The molecule has 0 aliphatic heterocycles. The average Bonchev–Trinajstić information content (AvgIpc) is 3.06. The zero-order valence-corrected chi connectivity index (χ0v) is 12.5. The first-order valence-corrected chi connectivity index (χ1v) is 7.15. The van der Waals surface area contributed by atoms with Crippen LogP contribution < -0.4 is 10.1 Å². The lowest BCUT2D eigenvalue weighted by atomic mass is 10.3. The number of para-hydroxylation sites is 1. The maximum atomic E-state index is 13.1. The number of furan rings is 1. The minimum atomic E-state index is -1.04. The molecule has 2 aromatic carbocycles. The predicted molar refractivity (Wildman–Crippen MR) is 83.8 cm³/mol. The van der Waals surface area contributed by atoms with E-state index in [0.29, 0.717) is 11.5 Å². The van der Waals surface area contributed by atoms with Gasteiger partial charge in [0.15, 0.2) is 17.4 Å². The maximum absolute atomic E-state index is 13.1. The number of rotatable bonds is 5. The smallest absolute Gasteiger partial charge is 0.291 e. The molecule has 0 bridgehead atoms. The molecule has 4 nitrogen and oxygen atoms in total. The second-order valence-corrected chi connectivity index (χ2v) is 4.95. The summed E-state index contributed by atoms with van der Waals surface area (Å²) in [4.78, 5) is 12.0. The molecule has 0 atom stereocenters. The largest absolute Gasteiger partial charge is 0.486 e. The number of halogens is 2. The Bertz CT molecular complexity index is 846. The van der Waals surface area contributed by atoms with E-state index in [9.17, 15) is 13.6 Å². The van der Waals surface area contributed by atoms with Crippen LogP contribution in [0.1, 0.15) is 16.3 Å². The summed E-state index contributed by atoms with van der Waals surface area (Å²) in [5.41, 5.74) is 0.136. The minimum Gasteiger partial charge on any atom is -0.486 e. The highest BCUT2D eigenvalue weighted by Crippen LogP contribution is 2.17. The monoisotopic (exact) mass is 329 g/mol. The molecule has 0 radical (unpaired) electrons.